The van der Waals surface area contributed by atoms with Gasteiger partial charge in [-0.05, 0) is 45.7 Å². The Balaban J connectivity index is 2.05. The fourth-order valence-corrected chi connectivity index (χ4v) is 2.68. The quantitative estimate of drug-likeness (QED) is 0.886. The minimum Gasteiger partial charge on any atom is -0.385 e. The Bertz CT molecular complexity index is 453. The van der Waals surface area contributed by atoms with Crippen molar-refractivity contribution in [3.8, 4) is 0 Å². The SMILES string of the molecule is CCNc1ccnc(C(=O)NN2C(C)CCCC2C)c1. The smallest absolute Gasteiger partial charge is 0.284 e. The molecule has 5 heteroatoms. The average molecular weight is 276 g/mol. The first kappa shape index (κ1) is 14.8. The molecule has 0 saturated carbocycles. The van der Waals surface area contributed by atoms with Crippen LogP contribution in [0.4, 0.5) is 5.69 Å². The normalized spacial score (nSPS) is 23.4. The molecule has 5 nitrogen and oxygen atoms in total. The van der Waals surface area contributed by atoms with Gasteiger partial charge in [0.25, 0.3) is 5.91 Å². The highest BCUT2D eigenvalue weighted by Gasteiger charge is 2.26. The molecule has 1 aromatic heterocycles. The summed E-state index contributed by atoms with van der Waals surface area (Å²) in [7, 11) is 0. The third-order valence-corrected chi connectivity index (χ3v) is 3.80. The summed E-state index contributed by atoms with van der Waals surface area (Å²) in [6, 6.07) is 4.41. The molecule has 1 amide bonds. The number of amides is 1. The van der Waals surface area contributed by atoms with Gasteiger partial charge in [0, 0.05) is 30.5 Å². The van der Waals surface area contributed by atoms with Gasteiger partial charge in [0.1, 0.15) is 5.69 Å². The third kappa shape index (κ3) is 3.48. The summed E-state index contributed by atoms with van der Waals surface area (Å²) in [6.45, 7) is 7.15. The van der Waals surface area contributed by atoms with Crippen LogP contribution in [0.3, 0.4) is 0 Å². The van der Waals surface area contributed by atoms with Gasteiger partial charge < -0.3 is 5.32 Å². The van der Waals surface area contributed by atoms with Gasteiger partial charge >= 0.3 is 0 Å². The Morgan fingerprint density at radius 3 is 2.75 bits per heavy atom. The second-order valence-electron chi connectivity index (χ2n) is 5.44. The summed E-state index contributed by atoms with van der Waals surface area (Å²) in [5.41, 5.74) is 4.38. The van der Waals surface area contributed by atoms with Crippen LogP contribution in [-0.4, -0.2) is 34.5 Å². The summed E-state index contributed by atoms with van der Waals surface area (Å²) in [6.07, 6.45) is 5.13. The molecule has 0 spiro atoms. The molecular weight excluding hydrogens is 252 g/mol. The molecule has 2 rings (SSSR count). The van der Waals surface area contributed by atoms with Crippen molar-refractivity contribution in [2.24, 2.45) is 0 Å². The van der Waals surface area contributed by atoms with E-state index in [9.17, 15) is 4.79 Å². The molecule has 1 aliphatic heterocycles. The lowest BCUT2D eigenvalue weighted by molar-refractivity contribution is 0.0366. The Morgan fingerprint density at radius 1 is 1.40 bits per heavy atom. The highest BCUT2D eigenvalue weighted by molar-refractivity contribution is 5.92. The first-order valence-corrected chi connectivity index (χ1v) is 7.41. The number of nitrogens with one attached hydrogen (secondary N) is 2. The molecule has 0 bridgehead atoms. The standard InChI is InChI=1S/C15H24N4O/c1-4-16-13-8-9-17-14(10-13)15(20)18-19-11(2)6-5-7-12(19)3/h8-12H,4-7H2,1-3H3,(H,16,17)(H,18,20). The number of hydrogen-bond acceptors (Lipinski definition) is 4. The van der Waals surface area contributed by atoms with Crippen LogP contribution in [0.5, 0.6) is 0 Å². The number of anilines is 1. The van der Waals surface area contributed by atoms with Crippen molar-refractivity contribution < 1.29 is 4.79 Å². The average Bonchev–Trinajstić information content (AvgIpc) is 2.43. The van der Waals surface area contributed by atoms with E-state index in [4.69, 9.17) is 0 Å². The summed E-state index contributed by atoms with van der Waals surface area (Å²) < 4.78 is 0. The van der Waals surface area contributed by atoms with Crippen molar-refractivity contribution in [3.05, 3.63) is 24.0 Å². The van der Waals surface area contributed by atoms with Crippen molar-refractivity contribution in [1.29, 1.82) is 0 Å². The minimum absolute atomic E-state index is 0.134. The Morgan fingerprint density at radius 2 is 2.10 bits per heavy atom. The van der Waals surface area contributed by atoms with E-state index in [1.165, 1.54) is 6.42 Å². The first-order chi connectivity index (χ1) is 9.61. The van der Waals surface area contributed by atoms with Crippen LogP contribution in [-0.2, 0) is 0 Å². The zero-order valence-electron chi connectivity index (χ0n) is 12.5. The number of nitrogens with zero attached hydrogens (tertiary/aromatic N) is 2. The minimum atomic E-state index is -0.134. The number of aromatic nitrogens is 1. The predicted octanol–water partition coefficient (Wildman–Crippen LogP) is 2.42. The van der Waals surface area contributed by atoms with E-state index in [1.54, 1.807) is 12.3 Å². The van der Waals surface area contributed by atoms with E-state index in [-0.39, 0.29) is 5.91 Å². The molecule has 1 fully saturated rings. The zero-order valence-corrected chi connectivity index (χ0v) is 12.5. The van der Waals surface area contributed by atoms with Gasteiger partial charge in [-0.2, -0.15) is 0 Å². The van der Waals surface area contributed by atoms with E-state index < -0.39 is 0 Å². The van der Waals surface area contributed by atoms with Gasteiger partial charge in [0.2, 0.25) is 0 Å². The maximum atomic E-state index is 12.3. The Labute approximate surface area is 120 Å². The summed E-state index contributed by atoms with van der Waals surface area (Å²) in [4.78, 5) is 16.5. The van der Waals surface area contributed by atoms with Crippen molar-refractivity contribution in [3.63, 3.8) is 0 Å². The second kappa shape index (κ2) is 6.70. The summed E-state index contributed by atoms with van der Waals surface area (Å²) >= 11 is 0. The zero-order chi connectivity index (χ0) is 14.5. The first-order valence-electron chi connectivity index (χ1n) is 7.41. The molecular formula is C15H24N4O. The molecule has 2 unspecified atom stereocenters. The lowest BCUT2D eigenvalue weighted by atomic mass is 10.00. The van der Waals surface area contributed by atoms with Crippen molar-refractivity contribution in [1.82, 2.24) is 15.4 Å². The summed E-state index contributed by atoms with van der Waals surface area (Å²) in [5.74, 6) is -0.134. The number of pyridine rings is 1. The molecule has 2 heterocycles. The van der Waals surface area contributed by atoms with E-state index in [1.807, 2.05) is 13.0 Å². The van der Waals surface area contributed by atoms with Crippen LogP contribution in [0, 0.1) is 0 Å². The van der Waals surface area contributed by atoms with Crippen molar-refractivity contribution in [2.75, 3.05) is 11.9 Å². The molecule has 0 radical (unpaired) electrons. The number of rotatable bonds is 4. The number of piperidine rings is 1. The highest BCUT2D eigenvalue weighted by Crippen LogP contribution is 2.20. The number of carbonyl (C=O) groups excluding carboxylic acids is 1. The van der Waals surface area contributed by atoms with Gasteiger partial charge in [-0.3, -0.25) is 15.2 Å². The fourth-order valence-electron chi connectivity index (χ4n) is 2.68. The predicted molar refractivity (Wildman–Crippen MR) is 80.5 cm³/mol. The molecule has 0 aromatic carbocycles. The molecule has 110 valence electrons. The van der Waals surface area contributed by atoms with Crippen molar-refractivity contribution in [2.45, 2.75) is 52.1 Å². The van der Waals surface area contributed by atoms with E-state index >= 15 is 0 Å². The molecule has 2 N–H and O–H groups in total. The number of hydrogen-bond donors (Lipinski definition) is 2. The highest BCUT2D eigenvalue weighted by atomic mass is 16.2. The van der Waals surface area contributed by atoms with Crippen LogP contribution in [0.25, 0.3) is 0 Å². The molecule has 2 atom stereocenters. The van der Waals surface area contributed by atoms with Gasteiger partial charge in [0.05, 0.1) is 0 Å². The number of carbonyl (C=O) groups is 1. The Kier molecular flexibility index (Phi) is 4.95. The van der Waals surface area contributed by atoms with Gasteiger partial charge in [0.15, 0.2) is 0 Å². The Hall–Kier alpha value is -1.62. The van der Waals surface area contributed by atoms with Crippen LogP contribution in [0.1, 0.15) is 50.5 Å². The molecule has 20 heavy (non-hydrogen) atoms. The molecule has 1 saturated heterocycles. The van der Waals surface area contributed by atoms with Crippen LogP contribution in [0.15, 0.2) is 18.3 Å². The summed E-state index contributed by atoms with van der Waals surface area (Å²) in [5, 5.41) is 5.25. The van der Waals surface area contributed by atoms with Crippen molar-refractivity contribution >= 4 is 11.6 Å². The fraction of sp³-hybridized carbons (Fsp3) is 0.600. The monoisotopic (exact) mass is 276 g/mol. The van der Waals surface area contributed by atoms with Gasteiger partial charge in [-0.25, -0.2) is 5.01 Å². The van der Waals surface area contributed by atoms with Crippen LogP contribution >= 0.6 is 0 Å². The third-order valence-electron chi connectivity index (χ3n) is 3.80. The van der Waals surface area contributed by atoms with Crippen LogP contribution in [0.2, 0.25) is 0 Å². The van der Waals surface area contributed by atoms with E-state index in [0.29, 0.717) is 17.8 Å². The lowest BCUT2D eigenvalue weighted by Gasteiger charge is -2.38. The van der Waals surface area contributed by atoms with Gasteiger partial charge in [-0.15, -0.1) is 0 Å². The topological polar surface area (TPSA) is 57.3 Å². The largest absolute Gasteiger partial charge is 0.385 e. The molecule has 0 aliphatic carbocycles. The second-order valence-corrected chi connectivity index (χ2v) is 5.44. The van der Waals surface area contributed by atoms with Crippen LogP contribution < -0.4 is 10.7 Å². The molecule has 1 aliphatic rings. The maximum Gasteiger partial charge on any atom is 0.284 e. The van der Waals surface area contributed by atoms with E-state index in [2.05, 4.69) is 34.6 Å². The number of hydrazine groups is 1. The van der Waals surface area contributed by atoms with E-state index in [0.717, 1.165) is 25.1 Å². The van der Waals surface area contributed by atoms with Gasteiger partial charge in [-0.1, -0.05) is 6.42 Å². The lowest BCUT2D eigenvalue weighted by Crippen LogP contribution is -2.54. The maximum absolute atomic E-state index is 12.3. The molecule has 1 aromatic rings.